The van der Waals surface area contributed by atoms with E-state index in [4.69, 9.17) is 5.11 Å². The summed E-state index contributed by atoms with van der Waals surface area (Å²) in [6.07, 6.45) is 1.29. The first-order valence-corrected chi connectivity index (χ1v) is 5.74. The fourth-order valence-corrected chi connectivity index (χ4v) is 1.75. The highest BCUT2D eigenvalue weighted by Gasteiger charge is 2.22. The van der Waals surface area contributed by atoms with Crippen LogP contribution in [0, 0.1) is 0 Å². The van der Waals surface area contributed by atoms with E-state index in [1.165, 1.54) is 4.90 Å². The third kappa shape index (κ3) is 4.42. The molecule has 1 heterocycles. The van der Waals surface area contributed by atoms with Gasteiger partial charge in [-0.15, -0.1) is 0 Å². The monoisotopic (exact) mass is 242 g/mol. The number of nitrogens with zero attached hydrogens (tertiary/aromatic N) is 2. The summed E-state index contributed by atoms with van der Waals surface area (Å²) in [7, 11) is 1.72. The van der Waals surface area contributed by atoms with Crippen molar-refractivity contribution >= 4 is 17.8 Å². The summed E-state index contributed by atoms with van der Waals surface area (Å²) in [5, 5.41) is 8.47. The van der Waals surface area contributed by atoms with Crippen molar-refractivity contribution in [2.75, 3.05) is 26.7 Å². The fraction of sp³-hybridized carbons (Fsp3) is 0.727. The summed E-state index contributed by atoms with van der Waals surface area (Å²) in [6, 6.07) is 0. The van der Waals surface area contributed by atoms with Gasteiger partial charge in [0.25, 0.3) is 0 Å². The average molecular weight is 242 g/mol. The number of carboxylic acid groups (broad SMARTS) is 1. The topological polar surface area (TPSA) is 77.9 Å². The van der Waals surface area contributed by atoms with Crippen LogP contribution in [0.25, 0.3) is 0 Å². The standard InChI is InChI=1S/C11H18N2O4/c1-12-6-3-7-13(8-10(12)15)9(14)4-2-5-11(16)17/h2-8H2,1H3,(H,16,17). The van der Waals surface area contributed by atoms with Gasteiger partial charge in [-0.05, 0) is 12.8 Å². The summed E-state index contributed by atoms with van der Waals surface area (Å²) in [6.45, 7) is 1.35. The van der Waals surface area contributed by atoms with E-state index >= 15 is 0 Å². The molecule has 96 valence electrons. The second kappa shape index (κ2) is 6.22. The zero-order chi connectivity index (χ0) is 12.8. The smallest absolute Gasteiger partial charge is 0.303 e. The number of hydrogen-bond donors (Lipinski definition) is 1. The van der Waals surface area contributed by atoms with Gasteiger partial charge in [0.15, 0.2) is 0 Å². The first-order chi connectivity index (χ1) is 8.00. The lowest BCUT2D eigenvalue weighted by Crippen LogP contribution is -2.37. The summed E-state index contributed by atoms with van der Waals surface area (Å²) in [4.78, 5) is 36.8. The molecule has 1 aliphatic heterocycles. The van der Waals surface area contributed by atoms with Crippen LogP contribution in [-0.2, 0) is 14.4 Å². The Hall–Kier alpha value is -1.59. The van der Waals surface area contributed by atoms with Gasteiger partial charge in [0.2, 0.25) is 11.8 Å². The predicted molar refractivity (Wildman–Crippen MR) is 60.3 cm³/mol. The molecule has 2 amide bonds. The van der Waals surface area contributed by atoms with Gasteiger partial charge >= 0.3 is 5.97 Å². The summed E-state index contributed by atoms with van der Waals surface area (Å²) >= 11 is 0. The Bertz CT molecular complexity index is 317. The minimum Gasteiger partial charge on any atom is -0.481 e. The van der Waals surface area contributed by atoms with Crippen molar-refractivity contribution in [2.45, 2.75) is 25.7 Å². The van der Waals surface area contributed by atoms with Crippen molar-refractivity contribution in [3.05, 3.63) is 0 Å². The highest BCUT2D eigenvalue weighted by molar-refractivity contribution is 5.85. The molecular weight excluding hydrogens is 224 g/mol. The van der Waals surface area contributed by atoms with E-state index in [1.54, 1.807) is 11.9 Å². The first kappa shape index (κ1) is 13.5. The number of aliphatic carboxylic acids is 1. The lowest BCUT2D eigenvalue weighted by atomic mass is 10.2. The maximum atomic E-state index is 11.7. The molecule has 6 heteroatoms. The second-order valence-corrected chi connectivity index (χ2v) is 4.23. The van der Waals surface area contributed by atoms with Crippen molar-refractivity contribution in [1.29, 1.82) is 0 Å². The average Bonchev–Trinajstić information content (AvgIpc) is 2.41. The molecule has 0 saturated carbocycles. The molecule has 0 radical (unpaired) electrons. The number of carbonyl (C=O) groups is 3. The van der Waals surface area contributed by atoms with Gasteiger partial charge in [0.1, 0.15) is 0 Å². The molecular formula is C11H18N2O4. The van der Waals surface area contributed by atoms with Crippen molar-refractivity contribution in [3.63, 3.8) is 0 Å². The minimum absolute atomic E-state index is 0.00652. The molecule has 1 fully saturated rings. The number of carboxylic acids is 1. The van der Waals surface area contributed by atoms with Crippen LogP contribution in [0.4, 0.5) is 0 Å². The minimum atomic E-state index is -0.899. The maximum absolute atomic E-state index is 11.7. The lowest BCUT2D eigenvalue weighted by Gasteiger charge is -2.19. The molecule has 17 heavy (non-hydrogen) atoms. The van der Waals surface area contributed by atoms with Gasteiger partial charge in [0.05, 0.1) is 6.54 Å². The molecule has 0 aliphatic carbocycles. The number of amides is 2. The fourth-order valence-electron chi connectivity index (χ4n) is 1.75. The Morgan fingerprint density at radius 2 is 2.00 bits per heavy atom. The van der Waals surface area contributed by atoms with E-state index in [0.29, 0.717) is 19.5 Å². The maximum Gasteiger partial charge on any atom is 0.303 e. The van der Waals surface area contributed by atoms with E-state index < -0.39 is 5.97 Å². The molecule has 6 nitrogen and oxygen atoms in total. The Morgan fingerprint density at radius 3 is 2.65 bits per heavy atom. The SMILES string of the molecule is CN1CCCN(C(=O)CCCC(=O)O)CC1=O. The molecule has 0 unspecified atom stereocenters. The molecule has 1 rings (SSSR count). The molecule has 1 aliphatic rings. The zero-order valence-corrected chi connectivity index (χ0v) is 10.0. The number of hydrogen-bond acceptors (Lipinski definition) is 3. The first-order valence-electron chi connectivity index (χ1n) is 5.74. The van der Waals surface area contributed by atoms with Crippen LogP contribution in [0.2, 0.25) is 0 Å². The van der Waals surface area contributed by atoms with Crippen LogP contribution >= 0.6 is 0 Å². The van der Waals surface area contributed by atoms with Crippen LogP contribution in [0.5, 0.6) is 0 Å². The van der Waals surface area contributed by atoms with Crippen molar-refractivity contribution < 1.29 is 19.5 Å². The highest BCUT2D eigenvalue weighted by atomic mass is 16.4. The second-order valence-electron chi connectivity index (χ2n) is 4.23. The molecule has 0 aromatic heterocycles. The molecule has 0 bridgehead atoms. The normalized spacial score (nSPS) is 16.9. The van der Waals surface area contributed by atoms with Gasteiger partial charge in [0, 0.05) is 33.0 Å². The zero-order valence-electron chi connectivity index (χ0n) is 10.0. The number of likely N-dealkylation sites (N-methyl/N-ethyl adjacent to an activating group) is 1. The number of rotatable bonds is 4. The van der Waals surface area contributed by atoms with E-state index in [2.05, 4.69) is 0 Å². The van der Waals surface area contributed by atoms with Crippen LogP contribution < -0.4 is 0 Å². The van der Waals surface area contributed by atoms with Gasteiger partial charge in [-0.3, -0.25) is 14.4 Å². The quantitative estimate of drug-likeness (QED) is 0.748. The van der Waals surface area contributed by atoms with E-state index in [-0.39, 0.29) is 31.2 Å². The van der Waals surface area contributed by atoms with Gasteiger partial charge in [-0.25, -0.2) is 0 Å². The Labute approximate surface area is 100 Å². The lowest BCUT2D eigenvalue weighted by molar-refractivity contribution is -0.139. The Kier molecular flexibility index (Phi) is 4.93. The van der Waals surface area contributed by atoms with Crippen molar-refractivity contribution in [1.82, 2.24) is 9.80 Å². The van der Waals surface area contributed by atoms with Crippen LogP contribution in [0.1, 0.15) is 25.7 Å². The number of carbonyl (C=O) groups excluding carboxylic acids is 2. The molecule has 0 aromatic rings. The summed E-state index contributed by atoms with van der Waals surface area (Å²) < 4.78 is 0. The van der Waals surface area contributed by atoms with E-state index in [9.17, 15) is 14.4 Å². The highest BCUT2D eigenvalue weighted by Crippen LogP contribution is 2.06. The van der Waals surface area contributed by atoms with Crippen LogP contribution in [0.3, 0.4) is 0 Å². The molecule has 0 atom stereocenters. The molecule has 0 aromatic carbocycles. The molecule has 1 N–H and O–H groups in total. The van der Waals surface area contributed by atoms with Gasteiger partial charge in [-0.2, -0.15) is 0 Å². The largest absolute Gasteiger partial charge is 0.481 e. The Morgan fingerprint density at radius 1 is 1.29 bits per heavy atom. The van der Waals surface area contributed by atoms with Gasteiger partial charge < -0.3 is 14.9 Å². The summed E-state index contributed by atoms with van der Waals surface area (Å²) in [5.74, 6) is -1.09. The third-order valence-corrected chi connectivity index (χ3v) is 2.81. The van der Waals surface area contributed by atoms with E-state index in [1.807, 2.05) is 0 Å². The van der Waals surface area contributed by atoms with Gasteiger partial charge in [-0.1, -0.05) is 0 Å². The molecule has 0 spiro atoms. The van der Waals surface area contributed by atoms with Crippen LogP contribution in [-0.4, -0.2) is 59.4 Å². The Balaban J connectivity index is 2.40. The predicted octanol–water partition coefficient (Wildman–Crippen LogP) is -0.0680. The van der Waals surface area contributed by atoms with Crippen molar-refractivity contribution in [2.24, 2.45) is 0 Å². The van der Waals surface area contributed by atoms with Crippen LogP contribution in [0.15, 0.2) is 0 Å². The van der Waals surface area contributed by atoms with Crippen molar-refractivity contribution in [3.8, 4) is 0 Å². The van der Waals surface area contributed by atoms with E-state index in [0.717, 1.165) is 6.42 Å². The third-order valence-electron chi connectivity index (χ3n) is 2.81. The molecule has 1 saturated heterocycles. The summed E-state index contributed by atoms with van der Waals surface area (Å²) in [5.41, 5.74) is 0.